The SMILES string of the molecule is COC(=O)C[C@@H](NS(=O)(=O)c1ccc(OC(F)(F)F)cc1)C1CCCCC1. The monoisotopic (exact) mass is 409 g/mol. The Labute approximate surface area is 156 Å². The Morgan fingerprint density at radius 2 is 1.78 bits per heavy atom. The van der Waals surface area contributed by atoms with Crippen LogP contribution in [0.2, 0.25) is 0 Å². The molecule has 10 heteroatoms. The van der Waals surface area contributed by atoms with Crippen molar-refractivity contribution in [3.05, 3.63) is 24.3 Å². The summed E-state index contributed by atoms with van der Waals surface area (Å²) >= 11 is 0. The highest BCUT2D eigenvalue weighted by molar-refractivity contribution is 7.89. The molecule has 1 aromatic carbocycles. The molecule has 27 heavy (non-hydrogen) atoms. The van der Waals surface area contributed by atoms with Crippen molar-refractivity contribution in [1.29, 1.82) is 0 Å². The van der Waals surface area contributed by atoms with Crippen molar-refractivity contribution in [3.63, 3.8) is 0 Å². The highest BCUT2D eigenvalue weighted by Crippen LogP contribution is 2.29. The summed E-state index contributed by atoms with van der Waals surface area (Å²) in [6.07, 6.45) is -0.401. The largest absolute Gasteiger partial charge is 0.573 e. The van der Waals surface area contributed by atoms with E-state index in [0.29, 0.717) is 0 Å². The Bertz CT molecular complexity index is 728. The second-order valence-electron chi connectivity index (χ2n) is 6.43. The third-order valence-electron chi connectivity index (χ3n) is 4.51. The normalized spacial score (nSPS) is 17.3. The zero-order valence-corrected chi connectivity index (χ0v) is 15.6. The third kappa shape index (κ3) is 6.69. The van der Waals surface area contributed by atoms with Crippen LogP contribution in [0.1, 0.15) is 38.5 Å². The first kappa shape index (κ1) is 21.5. The number of rotatable bonds is 7. The highest BCUT2D eigenvalue weighted by atomic mass is 32.2. The molecule has 1 aromatic rings. The van der Waals surface area contributed by atoms with E-state index in [4.69, 9.17) is 0 Å². The lowest BCUT2D eigenvalue weighted by molar-refractivity contribution is -0.274. The lowest BCUT2D eigenvalue weighted by atomic mass is 9.83. The molecule has 0 aromatic heterocycles. The zero-order chi connectivity index (χ0) is 20.1. The first-order chi connectivity index (χ1) is 12.6. The number of carbonyl (C=O) groups excluding carboxylic acids is 1. The van der Waals surface area contributed by atoms with E-state index in [9.17, 15) is 26.4 Å². The minimum absolute atomic E-state index is 0.000427. The smallest absolute Gasteiger partial charge is 0.469 e. The standard InChI is InChI=1S/C17H22F3NO5S/c1-25-16(22)11-15(12-5-3-2-4-6-12)21-27(23,24)14-9-7-13(8-10-14)26-17(18,19)20/h7-10,12,15,21H,2-6,11H2,1H3/t15-/m1/s1. The number of ether oxygens (including phenoxy) is 2. The molecule has 2 rings (SSSR count). The van der Waals surface area contributed by atoms with Gasteiger partial charge in [0.2, 0.25) is 10.0 Å². The predicted octanol–water partition coefficient (Wildman–Crippen LogP) is 3.38. The summed E-state index contributed by atoms with van der Waals surface area (Å²) in [5.41, 5.74) is 0. The van der Waals surface area contributed by atoms with E-state index in [2.05, 4.69) is 14.2 Å². The Morgan fingerprint density at radius 1 is 1.19 bits per heavy atom. The Balaban J connectivity index is 2.15. The van der Waals surface area contributed by atoms with Gasteiger partial charge < -0.3 is 9.47 Å². The van der Waals surface area contributed by atoms with Gasteiger partial charge in [-0.1, -0.05) is 19.3 Å². The molecule has 1 N–H and O–H groups in total. The van der Waals surface area contributed by atoms with Crippen LogP contribution in [0.4, 0.5) is 13.2 Å². The summed E-state index contributed by atoms with van der Waals surface area (Å²) in [6, 6.07) is 3.28. The molecule has 1 saturated carbocycles. The molecule has 0 saturated heterocycles. The van der Waals surface area contributed by atoms with E-state index in [-0.39, 0.29) is 17.2 Å². The van der Waals surface area contributed by atoms with Crippen molar-refractivity contribution in [2.24, 2.45) is 5.92 Å². The summed E-state index contributed by atoms with van der Waals surface area (Å²) < 4.78 is 72.8. The number of hydrogen-bond acceptors (Lipinski definition) is 5. The van der Waals surface area contributed by atoms with Gasteiger partial charge in [0, 0.05) is 6.04 Å². The zero-order valence-electron chi connectivity index (χ0n) is 14.8. The molecule has 0 bridgehead atoms. The number of benzene rings is 1. The van der Waals surface area contributed by atoms with Gasteiger partial charge >= 0.3 is 12.3 Å². The molecule has 0 spiro atoms. The van der Waals surface area contributed by atoms with Crippen LogP contribution in [0.5, 0.6) is 5.75 Å². The van der Waals surface area contributed by atoms with Crippen LogP contribution >= 0.6 is 0 Å². The number of hydrogen-bond donors (Lipinski definition) is 1. The lowest BCUT2D eigenvalue weighted by Crippen LogP contribution is -2.42. The lowest BCUT2D eigenvalue weighted by Gasteiger charge is -2.30. The number of methoxy groups -OCH3 is 1. The fraction of sp³-hybridized carbons (Fsp3) is 0.588. The van der Waals surface area contributed by atoms with Gasteiger partial charge in [-0.05, 0) is 43.0 Å². The Morgan fingerprint density at radius 3 is 2.30 bits per heavy atom. The van der Waals surface area contributed by atoms with E-state index >= 15 is 0 Å². The van der Waals surface area contributed by atoms with Gasteiger partial charge in [-0.25, -0.2) is 13.1 Å². The average molecular weight is 409 g/mol. The minimum atomic E-state index is -4.86. The molecule has 0 heterocycles. The van der Waals surface area contributed by atoms with E-state index in [1.54, 1.807) is 0 Å². The molecule has 0 unspecified atom stereocenters. The van der Waals surface area contributed by atoms with Crippen molar-refractivity contribution in [2.75, 3.05) is 7.11 Å². The van der Waals surface area contributed by atoms with E-state index in [1.807, 2.05) is 0 Å². The fourth-order valence-electron chi connectivity index (χ4n) is 3.19. The molecule has 0 amide bonds. The van der Waals surface area contributed by atoms with Crippen molar-refractivity contribution < 1.29 is 35.9 Å². The molecule has 152 valence electrons. The number of halogens is 3. The van der Waals surface area contributed by atoms with E-state index in [1.165, 1.54) is 7.11 Å². The fourth-order valence-corrected chi connectivity index (χ4v) is 4.50. The van der Waals surface area contributed by atoms with Crippen molar-refractivity contribution in [1.82, 2.24) is 4.72 Å². The number of sulfonamides is 1. The summed E-state index contributed by atoms with van der Waals surface area (Å²) in [5, 5.41) is 0. The quantitative estimate of drug-likeness (QED) is 0.699. The van der Waals surface area contributed by atoms with Crippen LogP contribution in [0, 0.1) is 5.92 Å². The molecule has 6 nitrogen and oxygen atoms in total. The topological polar surface area (TPSA) is 81.7 Å². The predicted molar refractivity (Wildman–Crippen MR) is 90.4 cm³/mol. The molecular weight excluding hydrogens is 387 g/mol. The maximum Gasteiger partial charge on any atom is 0.573 e. The Kier molecular flexibility index (Phi) is 7.10. The van der Waals surface area contributed by atoms with Gasteiger partial charge in [-0.3, -0.25) is 4.79 Å². The van der Waals surface area contributed by atoms with Gasteiger partial charge in [0.25, 0.3) is 0 Å². The first-order valence-electron chi connectivity index (χ1n) is 8.55. The molecular formula is C17H22F3NO5S. The summed E-state index contributed by atoms with van der Waals surface area (Å²) in [4.78, 5) is 11.5. The van der Waals surface area contributed by atoms with Crippen molar-refractivity contribution >= 4 is 16.0 Å². The first-order valence-corrected chi connectivity index (χ1v) is 10.0. The molecule has 1 aliphatic rings. The highest BCUT2D eigenvalue weighted by Gasteiger charge is 2.32. The summed E-state index contributed by atoms with van der Waals surface area (Å²) in [6.45, 7) is 0. The van der Waals surface area contributed by atoms with Crippen molar-refractivity contribution in [3.8, 4) is 5.75 Å². The summed E-state index contributed by atoms with van der Waals surface area (Å²) in [7, 11) is -2.79. The van der Waals surface area contributed by atoms with Crippen LogP contribution in [-0.2, 0) is 19.6 Å². The molecule has 0 aliphatic heterocycles. The van der Waals surface area contributed by atoms with Crippen LogP contribution < -0.4 is 9.46 Å². The number of carbonyl (C=O) groups is 1. The van der Waals surface area contributed by atoms with Gasteiger partial charge in [-0.2, -0.15) is 0 Å². The van der Waals surface area contributed by atoms with Gasteiger partial charge in [0.1, 0.15) is 5.75 Å². The number of alkyl halides is 3. The maximum atomic E-state index is 12.6. The molecule has 1 fully saturated rings. The van der Waals surface area contributed by atoms with Gasteiger partial charge in [0.15, 0.2) is 0 Å². The summed E-state index contributed by atoms with van der Waals surface area (Å²) in [5.74, 6) is -1.04. The molecule has 1 atom stereocenters. The second-order valence-corrected chi connectivity index (χ2v) is 8.14. The Hall–Kier alpha value is -1.81. The minimum Gasteiger partial charge on any atom is -0.469 e. The van der Waals surface area contributed by atoms with Crippen LogP contribution in [0.3, 0.4) is 0 Å². The third-order valence-corrected chi connectivity index (χ3v) is 6.01. The van der Waals surface area contributed by atoms with Gasteiger partial charge in [-0.15, -0.1) is 13.2 Å². The van der Waals surface area contributed by atoms with E-state index in [0.717, 1.165) is 56.4 Å². The molecule has 1 aliphatic carbocycles. The average Bonchev–Trinajstić information content (AvgIpc) is 2.60. The van der Waals surface area contributed by atoms with Crippen LogP contribution in [0.15, 0.2) is 29.2 Å². The second kappa shape index (κ2) is 8.92. The molecule has 0 radical (unpaired) electrons. The maximum absolute atomic E-state index is 12.6. The van der Waals surface area contributed by atoms with Crippen LogP contribution in [-0.4, -0.2) is 33.9 Å². The van der Waals surface area contributed by atoms with Crippen molar-refractivity contribution in [2.45, 2.75) is 55.8 Å². The number of nitrogens with one attached hydrogen (secondary N) is 1. The van der Waals surface area contributed by atoms with Gasteiger partial charge in [0.05, 0.1) is 18.4 Å². The van der Waals surface area contributed by atoms with Crippen LogP contribution in [0.25, 0.3) is 0 Å². The number of esters is 1. The van der Waals surface area contributed by atoms with E-state index < -0.39 is 34.1 Å².